The lowest BCUT2D eigenvalue weighted by Gasteiger charge is -2.26. The van der Waals surface area contributed by atoms with Crippen LogP contribution in [0.15, 0.2) is 23.4 Å². The molecule has 5 nitrogen and oxygen atoms in total. The largest absolute Gasteiger partial charge is 0.433 e. The lowest BCUT2D eigenvalue weighted by molar-refractivity contribution is -0.141. The lowest BCUT2D eigenvalue weighted by Crippen LogP contribution is -2.34. The number of nitrogens with two attached hydrogens (primary N) is 1. The molecule has 1 aromatic rings. The summed E-state index contributed by atoms with van der Waals surface area (Å²) in [6.45, 7) is 1.74. The zero-order valence-corrected chi connectivity index (χ0v) is 10.5. The van der Waals surface area contributed by atoms with Crippen molar-refractivity contribution in [2.45, 2.75) is 25.6 Å². The van der Waals surface area contributed by atoms with Gasteiger partial charge in [0.15, 0.2) is 0 Å². The fraction of sp³-hybridized carbons (Fsp3) is 0.455. The minimum Gasteiger partial charge on any atom is -0.409 e. The number of aromatic nitrogens is 1. The molecule has 0 spiro atoms. The highest BCUT2D eigenvalue weighted by Gasteiger charge is 2.32. The van der Waals surface area contributed by atoms with Crippen molar-refractivity contribution in [3.63, 3.8) is 0 Å². The average molecular weight is 276 g/mol. The number of pyridine rings is 1. The molecule has 1 heterocycles. The molecule has 19 heavy (non-hydrogen) atoms. The highest BCUT2D eigenvalue weighted by Crippen LogP contribution is 2.29. The van der Waals surface area contributed by atoms with E-state index in [1.807, 2.05) is 0 Å². The fourth-order valence-electron chi connectivity index (χ4n) is 1.48. The van der Waals surface area contributed by atoms with E-state index in [0.29, 0.717) is 0 Å². The topological polar surface area (TPSA) is 74.7 Å². The quantitative estimate of drug-likeness (QED) is 0.382. The number of halogens is 3. The number of hydrogen-bond acceptors (Lipinski definition) is 4. The van der Waals surface area contributed by atoms with Crippen LogP contribution < -0.4 is 10.6 Å². The number of nitrogens with zero attached hydrogens (tertiary/aromatic N) is 3. The van der Waals surface area contributed by atoms with Gasteiger partial charge in [-0.3, -0.25) is 0 Å². The number of oxime groups is 1. The summed E-state index contributed by atoms with van der Waals surface area (Å²) in [4.78, 5) is 5.09. The first-order valence-electron chi connectivity index (χ1n) is 5.49. The molecule has 1 atom stereocenters. The summed E-state index contributed by atoms with van der Waals surface area (Å²) in [5.74, 6) is 0.180. The zero-order chi connectivity index (χ0) is 14.6. The molecule has 0 fully saturated rings. The second kappa shape index (κ2) is 5.77. The summed E-state index contributed by atoms with van der Waals surface area (Å²) in [5.41, 5.74) is 4.41. The van der Waals surface area contributed by atoms with E-state index in [-0.39, 0.29) is 24.1 Å². The van der Waals surface area contributed by atoms with E-state index >= 15 is 0 Å². The Bertz CT molecular complexity index is 461. The van der Waals surface area contributed by atoms with Crippen LogP contribution >= 0.6 is 0 Å². The van der Waals surface area contributed by atoms with Crippen molar-refractivity contribution in [2.75, 3.05) is 11.9 Å². The van der Waals surface area contributed by atoms with Gasteiger partial charge in [0.2, 0.25) is 0 Å². The van der Waals surface area contributed by atoms with Gasteiger partial charge < -0.3 is 15.8 Å². The Hall–Kier alpha value is -1.99. The monoisotopic (exact) mass is 276 g/mol. The molecule has 1 aromatic heterocycles. The van der Waals surface area contributed by atoms with Gasteiger partial charge in [0.1, 0.15) is 17.3 Å². The maximum Gasteiger partial charge on any atom is 0.433 e. The molecule has 0 radical (unpaired) electrons. The fourth-order valence-corrected chi connectivity index (χ4v) is 1.48. The van der Waals surface area contributed by atoms with E-state index in [4.69, 9.17) is 10.9 Å². The molecule has 3 N–H and O–H groups in total. The van der Waals surface area contributed by atoms with Crippen LogP contribution in [0.1, 0.15) is 19.0 Å². The third-order valence-corrected chi connectivity index (χ3v) is 2.68. The van der Waals surface area contributed by atoms with Gasteiger partial charge in [-0.1, -0.05) is 11.2 Å². The van der Waals surface area contributed by atoms with Crippen molar-refractivity contribution in [2.24, 2.45) is 10.9 Å². The van der Waals surface area contributed by atoms with Crippen molar-refractivity contribution >= 4 is 11.7 Å². The van der Waals surface area contributed by atoms with Crippen LogP contribution in [0.5, 0.6) is 0 Å². The number of anilines is 1. The van der Waals surface area contributed by atoms with Gasteiger partial charge in [-0.15, -0.1) is 0 Å². The molecule has 0 saturated carbocycles. The van der Waals surface area contributed by atoms with Crippen LogP contribution in [0, 0.1) is 0 Å². The van der Waals surface area contributed by atoms with Crippen LogP contribution in [-0.2, 0) is 6.18 Å². The Morgan fingerprint density at radius 2 is 2.16 bits per heavy atom. The summed E-state index contributed by atoms with van der Waals surface area (Å²) in [5, 5.41) is 11.3. The summed E-state index contributed by atoms with van der Waals surface area (Å²) in [7, 11) is 1.60. The average Bonchev–Trinajstić information content (AvgIpc) is 2.36. The standard InChI is InChI=1S/C11H15F3N4O/c1-7(6-9(15)17-19)18(2)10-5-3-4-8(16-10)11(12,13)14/h3-5,7,19H,6H2,1-2H3,(H2,15,17). The Morgan fingerprint density at radius 3 is 2.68 bits per heavy atom. The third kappa shape index (κ3) is 4.01. The Kier molecular flexibility index (Phi) is 4.57. The van der Waals surface area contributed by atoms with Gasteiger partial charge in [0.05, 0.1) is 0 Å². The molecular formula is C11H15F3N4O. The molecule has 0 amide bonds. The number of amidine groups is 1. The molecule has 106 valence electrons. The molecule has 0 aliphatic heterocycles. The van der Waals surface area contributed by atoms with E-state index < -0.39 is 11.9 Å². The van der Waals surface area contributed by atoms with Gasteiger partial charge in [-0.25, -0.2) is 4.98 Å². The van der Waals surface area contributed by atoms with Crippen molar-refractivity contribution < 1.29 is 18.4 Å². The van der Waals surface area contributed by atoms with Crippen molar-refractivity contribution in [3.05, 3.63) is 23.9 Å². The van der Waals surface area contributed by atoms with Gasteiger partial charge >= 0.3 is 6.18 Å². The lowest BCUT2D eigenvalue weighted by atomic mass is 10.2. The molecule has 0 aliphatic carbocycles. The van der Waals surface area contributed by atoms with Crippen LogP contribution in [-0.4, -0.2) is 29.1 Å². The second-order valence-electron chi connectivity index (χ2n) is 4.13. The van der Waals surface area contributed by atoms with Crippen LogP contribution in [0.25, 0.3) is 0 Å². The van der Waals surface area contributed by atoms with Crippen molar-refractivity contribution in [1.29, 1.82) is 0 Å². The van der Waals surface area contributed by atoms with E-state index in [9.17, 15) is 13.2 Å². The Labute approximate surface area is 108 Å². The SMILES string of the molecule is CC(C/C(N)=N/O)N(C)c1cccc(C(F)(F)F)n1. The van der Waals surface area contributed by atoms with Crippen molar-refractivity contribution in [3.8, 4) is 0 Å². The van der Waals surface area contributed by atoms with Crippen molar-refractivity contribution in [1.82, 2.24) is 4.98 Å². The zero-order valence-electron chi connectivity index (χ0n) is 10.5. The van der Waals surface area contributed by atoms with Gasteiger partial charge in [-0.2, -0.15) is 13.2 Å². The third-order valence-electron chi connectivity index (χ3n) is 2.68. The first kappa shape index (κ1) is 15.1. The molecule has 0 saturated heterocycles. The molecule has 0 aromatic carbocycles. The Balaban J connectivity index is 2.91. The van der Waals surface area contributed by atoms with Crippen LogP contribution in [0.2, 0.25) is 0 Å². The highest BCUT2D eigenvalue weighted by molar-refractivity contribution is 5.80. The van der Waals surface area contributed by atoms with E-state index in [0.717, 1.165) is 6.07 Å². The minimum atomic E-state index is -4.48. The van der Waals surface area contributed by atoms with E-state index in [1.54, 1.807) is 14.0 Å². The molecule has 1 rings (SSSR count). The molecule has 1 unspecified atom stereocenters. The van der Waals surface area contributed by atoms with Gasteiger partial charge in [0.25, 0.3) is 0 Å². The minimum absolute atomic E-state index is 0.00586. The number of hydrogen-bond donors (Lipinski definition) is 2. The Morgan fingerprint density at radius 1 is 1.53 bits per heavy atom. The van der Waals surface area contributed by atoms with E-state index in [1.165, 1.54) is 17.0 Å². The summed E-state index contributed by atoms with van der Waals surface area (Å²) < 4.78 is 37.6. The van der Waals surface area contributed by atoms with Gasteiger partial charge in [-0.05, 0) is 19.1 Å². The molecular weight excluding hydrogens is 261 g/mol. The first-order chi connectivity index (χ1) is 8.75. The molecule has 0 bridgehead atoms. The van der Waals surface area contributed by atoms with Crippen LogP contribution in [0.4, 0.5) is 19.0 Å². The maximum atomic E-state index is 12.5. The maximum absolute atomic E-state index is 12.5. The normalized spacial score (nSPS) is 14.3. The second-order valence-corrected chi connectivity index (χ2v) is 4.13. The number of alkyl halides is 3. The van der Waals surface area contributed by atoms with Crippen LogP contribution in [0.3, 0.4) is 0 Å². The first-order valence-corrected chi connectivity index (χ1v) is 5.49. The molecule has 8 heteroatoms. The summed E-state index contributed by atoms with van der Waals surface area (Å²) >= 11 is 0. The molecule has 0 aliphatic rings. The summed E-state index contributed by atoms with van der Waals surface area (Å²) in [6, 6.07) is 3.41. The van der Waals surface area contributed by atoms with E-state index in [2.05, 4.69) is 10.1 Å². The smallest absolute Gasteiger partial charge is 0.409 e. The number of rotatable bonds is 4. The highest BCUT2D eigenvalue weighted by atomic mass is 19.4. The van der Waals surface area contributed by atoms with Gasteiger partial charge in [0, 0.05) is 19.5 Å². The predicted octanol–water partition coefficient (Wildman–Crippen LogP) is 2.06. The predicted molar refractivity (Wildman–Crippen MR) is 65.1 cm³/mol. The summed E-state index contributed by atoms with van der Waals surface area (Å²) in [6.07, 6.45) is -4.27.